The van der Waals surface area contributed by atoms with Gasteiger partial charge in [0.2, 0.25) is 0 Å². The Hall–Kier alpha value is -2.77. The molecular formula is C20H20N6S. The molecule has 0 saturated carbocycles. The van der Waals surface area contributed by atoms with Crippen LogP contribution in [0.2, 0.25) is 0 Å². The molecule has 6 nitrogen and oxygen atoms in total. The second-order valence-electron chi connectivity index (χ2n) is 6.77. The number of anilines is 2. The lowest BCUT2D eigenvalue weighted by atomic mass is 10.2. The SMILES string of the molecule is Nc1nc(CN2CCN(c3ccnc4ccsc34)CC2)nc2ccccc12. The van der Waals surface area contributed by atoms with Gasteiger partial charge in [0.15, 0.2) is 0 Å². The summed E-state index contributed by atoms with van der Waals surface area (Å²) in [7, 11) is 0. The summed E-state index contributed by atoms with van der Waals surface area (Å²) in [6.45, 7) is 4.66. The molecule has 0 spiro atoms. The number of pyridine rings is 1. The largest absolute Gasteiger partial charge is 0.383 e. The zero-order valence-electron chi connectivity index (χ0n) is 14.9. The van der Waals surface area contributed by atoms with Crippen molar-refractivity contribution in [1.29, 1.82) is 0 Å². The Bertz CT molecular complexity index is 1100. The minimum absolute atomic E-state index is 0.561. The number of nitrogens with two attached hydrogens (primary N) is 1. The average molecular weight is 376 g/mol. The molecule has 5 rings (SSSR count). The van der Waals surface area contributed by atoms with Gasteiger partial charge in [-0.15, -0.1) is 11.3 Å². The number of nitrogens with zero attached hydrogens (tertiary/aromatic N) is 5. The maximum Gasteiger partial charge on any atom is 0.145 e. The van der Waals surface area contributed by atoms with Crippen molar-refractivity contribution in [1.82, 2.24) is 19.9 Å². The van der Waals surface area contributed by atoms with Crippen molar-refractivity contribution in [3.8, 4) is 0 Å². The Morgan fingerprint density at radius 2 is 1.81 bits per heavy atom. The van der Waals surface area contributed by atoms with Crippen molar-refractivity contribution in [2.75, 3.05) is 36.8 Å². The lowest BCUT2D eigenvalue weighted by molar-refractivity contribution is 0.244. The first-order valence-corrected chi connectivity index (χ1v) is 9.96. The molecule has 0 amide bonds. The number of hydrogen-bond donors (Lipinski definition) is 1. The molecule has 2 N–H and O–H groups in total. The van der Waals surface area contributed by atoms with Crippen LogP contribution < -0.4 is 10.6 Å². The second kappa shape index (κ2) is 6.75. The maximum atomic E-state index is 6.12. The Kier molecular flexibility index (Phi) is 4.10. The fourth-order valence-electron chi connectivity index (χ4n) is 3.68. The van der Waals surface area contributed by atoms with E-state index in [9.17, 15) is 0 Å². The van der Waals surface area contributed by atoms with E-state index in [1.54, 1.807) is 11.3 Å². The standard InChI is InChI=1S/C20H20N6S/c21-20-14-3-1-2-4-15(14)23-18(24-20)13-25-8-10-26(11-9-25)17-5-7-22-16-6-12-27-19(16)17/h1-7,12H,8-11,13H2,(H2,21,23,24). The molecule has 4 heterocycles. The molecule has 0 unspecified atom stereocenters. The van der Waals surface area contributed by atoms with Crippen molar-refractivity contribution in [2.24, 2.45) is 0 Å². The topological polar surface area (TPSA) is 71.2 Å². The molecule has 1 aliphatic rings. The Morgan fingerprint density at radius 1 is 0.963 bits per heavy atom. The highest BCUT2D eigenvalue weighted by molar-refractivity contribution is 7.17. The molecule has 1 aliphatic heterocycles. The van der Waals surface area contributed by atoms with Gasteiger partial charge in [0, 0.05) is 37.8 Å². The molecule has 0 bridgehead atoms. The van der Waals surface area contributed by atoms with E-state index < -0.39 is 0 Å². The highest BCUT2D eigenvalue weighted by Crippen LogP contribution is 2.30. The van der Waals surface area contributed by atoms with Gasteiger partial charge in [-0.05, 0) is 29.6 Å². The van der Waals surface area contributed by atoms with Crippen molar-refractivity contribution >= 4 is 44.0 Å². The minimum atomic E-state index is 0.561. The highest BCUT2D eigenvalue weighted by atomic mass is 32.1. The van der Waals surface area contributed by atoms with E-state index in [4.69, 9.17) is 5.73 Å². The Balaban J connectivity index is 1.30. The van der Waals surface area contributed by atoms with Gasteiger partial charge >= 0.3 is 0 Å². The van der Waals surface area contributed by atoms with Gasteiger partial charge in [0.1, 0.15) is 11.6 Å². The molecule has 1 aromatic carbocycles. The van der Waals surface area contributed by atoms with Gasteiger partial charge in [-0.25, -0.2) is 9.97 Å². The van der Waals surface area contributed by atoms with Crippen molar-refractivity contribution in [3.63, 3.8) is 0 Å². The molecule has 0 aliphatic carbocycles. The smallest absolute Gasteiger partial charge is 0.145 e. The fourth-order valence-corrected chi connectivity index (χ4v) is 4.57. The zero-order chi connectivity index (χ0) is 18.2. The normalized spacial score (nSPS) is 15.6. The molecule has 3 aromatic heterocycles. The van der Waals surface area contributed by atoms with E-state index in [-0.39, 0.29) is 0 Å². The van der Waals surface area contributed by atoms with Gasteiger partial charge in [0.25, 0.3) is 0 Å². The lowest BCUT2D eigenvalue weighted by Gasteiger charge is -2.35. The number of benzene rings is 1. The van der Waals surface area contributed by atoms with Crippen LogP contribution in [0.3, 0.4) is 0 Å². The summed E-state index contributed by atoms with van der Waals surface area (Å²) in [5, 5.41) is 3.03. The van der Waals surface area contributed by atoms with Crippen LogP contribution in [-0.4, -0.2) is 46.0 Å². The summed E-state index contributed by atoms with van der Waals surface area (Å²) in [5.41, 5.74) is 9.41. The van der Waals surface area contributed by atoms with E-state index in [1.807, 2.05) is 30.5 Å². The summed E-state index contributed by atoms with van der Waals surface area (Å²) in [5.74, 6) is 1.36. The summed E-state index contributed by atoms with van der Waals surface area (Å²) in [4.78, 5) is 18.5. The molecule has 7 heteroatoms. The van der Waals surface area contributed by atoms with Crippen LogP contribution in [-0.2, 0) is 6.54 Å². The van der Waals surface area contributed by atoms with Crippen LogP contribution in [0, 0.1) is 0 Å². The lowest BCUT2D eigenvalue weighted by Crippen LogP contribution is -2.46. The molecule has 1 fully saturated rings. The van der Waals surface area contributed by atoms with E-state index in [1.165, 1.54) is 10.4 Å². The van der Waals surface area contributed by atoms with Crippen LogP contribution >= 0.6 is 11.3 Å². The van der Waals surface area contributed by atoms with Crippen LogP contribution in [0.1, 0.15) is 5.82 Å². The number of hydrogen-bond acceptors (Lipinski definition) is 7. The van der Waals surface area contributed by atoms with Crippen molar-refractivity contribution in [3.05, 3.63) is 53.8 Å². The molecule has 27 heavy (non-hydrogen) atoms. The number of thiophene rings is 1. The third kappa shape index (κ3) is 3.09. The Labute approximate surface area is 161 Å². The number of fused-ring (bicyclic) bond motifs is 2. The zero-order valence-corrected chi connectivity index (χ0v) is 15.7. The number of rotatable bonds is 3. The average Bonchev–Trinajstić information content (AvgIpc) is 3.18. The summed E-state index contributed by atoms with van der Waals surface area (Å²) in [6, 6.07) is 12.1. The third-order valence-corrected chi connectivity index (χ3v) is 6.01. The maximum absolute atomic E-state index is 6.12. The summed E-state index contributed by atoms with van der Waals surface area (Å²) in [6.07, 6.45) is 1.91. The van der Waals surface area contributed by atoms with Gasteiger partial charge in [0.05, 0.1) is 28.0 Å². The van der Waals surface area contributed by atoms with Crippen molar-refractivity contribution in [2.45, 2.75) is 6.54 Å². The van der Waals surface area contributed by atoms with Crippen molar-refractivity contribution < 1.29 is 0 Å². The van der Waals surface area contributed by atoms with E-state index >= 15 is 0 Å². The molecular weight excluding hydrogens is 356 g/mol. The molecule has 136 valence electrons. The van der Waals surface area contributed by atoms with Gasteiger partial charge in [-0.1, -0.05) is 12.1 Å². The van der Waals surface area contributed by atoms with E-state index in [0.717, 1.165) is 55.0 Å². The molecule has 4 aromatic rings. The molecule has 0 atom stereocenters. The van der Waals surface area contributed by atoms with Gasteiger partial charge < -0.3 is 10.6 Å². The number of nitrogen functional groups attached to an aromatic ring is 1. The highest BCUT2D eigenvalue weighted by Gasteiger charge is 2.20. The van der Waals surface area contributed by atoms with Gasteiger partial charge in [-0.3, -0.25) is 9.88 Å². The Morgan fingerprint density at radius 3 is 2.70 bits per heavy atom. The van der Waals surface area contributed by atoms with Crippen LogP contribution in [0.5, 0.6) is 0 Å². The van der Waals surface area contributed by atoms with Crippen LogP contribution in [0.15, 0.2) is 48.0 Å². The number of aromatic nitrogens is 3. The fraction of sp³-hybridized carbons (Fsp3) is 0.250. The first kappa shape index (κ1) is 16.4. The molecule has 0 radical (unpaired) electrons. The van der Waals surface area contributed by atoms with Crippen LogP contribution in [0.4, 0.5) is 11.5 Å². The first-order chi connectivity index (χ1) is 13.3. The van der Waals surface area contributed by atoms with Gasteiger partial charge in [-0.2, -0.15) is 0 Å². The third-order valence-electron chi connectivity index (χ3n) is 5.08. The first-order valence-electron chi connectivity index (χ1n) is 9.08. The number of para-hydroxylation sites is 1. The molecule has 1 saturated heterocycles. The minimum Gasteiger partial charge on any atom is -0.383 e. The van der Waals surface area contributed by atoms with E-state index in [2.05, 4.69) is 42.3 Å². The van der Waals surface area contributed by atoms with E-state index in [0.29, 0.717) is 5.82 Å². The monoisotopic (exact) mass is 376 g/mol. The summed E-state index contributed by atoms with van der Waals surface area (Å²) < 4.78 is 1.27. The predicted octanol–water partition coefficient (Wildman–Crippen LogP) is 3.14. The second-order valence-corrected chi connectivity index (χ2v) is 7.69. The summed E-state index contributed by atoms with van der Waals surface area (Å²) >= 11 is 1.76. The van der Waals surface area contributed by atoms with Crippen LogP contribution in [0.25, 0.3) is 21.1 Å². The quantitative estimate of drug-likeness (QED) is 0.592. The predicted molar refractivity (Wildman–Crippen MR) is 111 cm³/mol. The number of piperazine rings is 1.